The number of hydrogen-bond donors (Lipinski definition) is 1. The molecule has 0 saturated carbocycles. The summed E-state index contributed by atoms with van der Waals surface area (Å²) in [6.45, 7) is 6.04. The van der Waals surface area contributed by atoms with Crippen molar-refractivity contribution in [3.05, 3.63) is 51.3 Å². The molecule has 1 N–H and O–H groups in total. The minimum absolute atomic E-state index is 0.107. The van der Waals surface area contributed by atoms with Gasteiger partial charge >= 0.3 is 5.76 Å². The fourth-order valence-electron chi connectivity index (χ4n) is 2.24. The summed E-state index contributed by atoms with van der Waals surface area (Å²) in [5.74, 6) is -0.0948. The van der Waals surface area contributed by atoms with Crippen molar-refractivity contribution >= 4 is 0 Å². The van der Waals surface area contributed by atoms with Crippen molar-refractivity contribution in [3.8, 4) is 0 Å². The lowest BCUT2D eigenvalue weighted by Gasteiger charge is -2.13. The Bertz CT molecular complexity index is 643. The highest BCUT2D eigenvalue weighted by Crippen LogP contribution is 2.19. The Hall–Kier alpha value is -1.88. The first kappa shape index (κ1) is 14.5. The third kappa shape index (κ3) is 3.17. The molecule has 5 heteroatoms. The van der Waals surface area contributed by atoms with Crippen molar-refractivity contribution in [2.24, 2.45) is 0 Å². The SMILES string of the molecule is CCCc1nn(C[C@H](O)c2ccc(C)cc2C)c(=O)o1. The summed E-state index contributed by atoms with van der Waals surface area (Å²) < 4.78 is 6.22. The lowest BCUT2D eigenvalue weighted by molar-refractivity contribution is 0.148. The van der Waals surface area contributed by atoms with E-state index >= 15 is 0 Å². The van der Waals surface area contributed by atoms with Crippen molar-refractivity contribution in [2.75, 3.05) is 0 Å². The van der Waals surface area contributed by atoms with Crippen molar-refractivity contribution in [1.82, 2.24) is 9.78 Å². The van der Waals surface area contributed by atoms with Crippen molar-refractivity contribution < 1.29 is 9.52 Å². The van der Waals surface area contributed by atoms with Crippen LogP contribution in [-0.2, 0) is 13.0 Å². The highest BCUT2D eigenvalue weighted by atomic mass is 16.4. The molecule has 0 aliphatic rings. The predicted octanol–water partition coefficient (Wildman–Crippen LogP) is 2.14. The van der Waals surface area contributed by atoms with Gasteiger partial charge in [-0.3, -0.25) is 0 Å². The topological polar surface area (TPSA) is 68.3 Å². The normalized spacial score (nSPS) is 12.6. The number of hydrogen-bond acceptors (Lipinski definition) is 4. The highest BCUT2D eigenvalue weighted by Gasteiger charge is 2.15. The number of aryl methyl sites for hydroxylation is 3. The van der Waals surface area contributed by atoms with Gasteiger partial charge in [-0.25, -0.2) is 4.79 Å². The van der Waals surface area contributed by atoms with Crippen LogP contribution in [0.3, 0.4) is 0 Å². The molecule has 2 rings (SSSR count). The van der Waals surface area contributed by atoms with E-state index < -0.39 is 11.9 Å². The quantitative estimate of drug-likeness (QED) is 0.908. The van der Waals surface area contributed by atoms with E-state index in [0.29, 0.717) is 12.3 Å². The summed E-state index contributed by atoms with van der Waals surface area (Å²) in [7, 11) is 0. The Balaban J connectivity index is 2.18. The Morgan fingerprint density at radius 2 is 2.15 bits per heavy atom. The Labute approximate surface area is 117 Å². The second kappa shape index (κ2) is 6.05. The first-order chi connectivity index (χ1) is 9.51. The van der Waals surface area contributed by atoms with E-state index in [0.717, 1.165) is 23.1 Å². The van der Waals surface area contributed by atoms with Crippen LogP contribution in [0.1, 0.15) is 42.0 Å². The van der Waals surface area contributed by atoms with Gasteiger partial charge in [-0.1, -0.05) is 30.7 Å². The zero-order chi connectivity index (χ0) is 14.7. The molecule has 1 aromatic carbocycles. The van der Waals surface area contributed by atoms with Crippen LogP contribution in [0.2, 0.25) is 0 Å². The lowest BCUT2D eigenvalue weighted by Crippen LogP contribution is -2.20. The molecule has 0 amide bonds. The monoisotopic (exact) mass is 276 g/mol. The molecule has 0 bridgehead atoms. The molecule has 5 nitrogen and oxygen atoms in total. The Morgan fingerprint density at radius 3 is 2.80 bits per heavy atom. The minimum Gasteiger partial charge on any atom is -0.392 e. The van der Waals surface area contributed by atoms with Crippen LogP contribution in [-0.4, -0.2) is 14.9 Å². The molecule has 1 aromatic heterocycles. The molecule has 108 valence electrons. The van der Waals surface area contributed by atoms with Crippen LogP contribution in [0.5, 0.6) is 0 Å². The number of aliphatic hydroxyl groups is 1. The van der Waals surface area contributed by atoms with E-state index in [-0.39, 0.29) is 6.54 Å². The van der Waals surface area contributed by atoms with E-state index in [9.17, 15) is 9.90 Å². The molecule has 2 aromatic rings. The van der Waals surface area contributed by atoms with Crippen molar-refractivity contribution in [2.45, 2.75) is 46.3 Å². The predicted molar refractivity (Wildman–Crippen MR) is 75.6 cm³/mol. The molecule has 0 spiro atoms. The summed E-state index contributed by atoms with van der Waals surface area (Å²) in [6.07, 6.45) is 0.717. The van der Waals surface area contributed by atoms with Gasteiger partial charge in [-0.2, -0.15) is 4.68 Å². The zero-order valence-corrected chi connectivity index (χ0v) is 12.1. The standard InChI is InChI=1S/C15H20N2O3/c1-4-5-14-16-17(15(19)20-14)9-13(18)12-7-6-10(2)8-11(12)3/h6-8,13,18H,4-5,9H2,1-3H3/t13-/m0/s1. The maximum Gasteiger partial charge on any atom is 0.437 e. The summed E-state index contributed by atoms with van der Waals surface area (Å²) in [5.41, 5.74) is 2.95. The van der Waals surface area contributed by atoms with Crippen LogP contribution in [0.25, 0.3) is 0 Å². The van der Waals surface area contributed by atoms with Crippen LogP contribution in [0.4, 0.5) is 0 Å². The average molecular weight is 276 g/mol. The number of aliphatic hydroxyl groups excluding tert-OH is 1. The van der Waals surface area contributed by atoms with E-state index in [2.05, 4.69) is 5.10 Å². The Kier molecular flexibility index (Phi) is 4.39. The van der Waals surface area contributed by atoms with Crippen LogP contribution in [0.15, 0.2) is 27.4 Å². The highest BCUT2D eigenvalue weighted by molar-refractivity contribution is 5.31. The third-order valence-corrected chi connectivity index (χ3v) is 3.24. The fraction of sp³-hybridized carbons (Fsp3) is 0.467. The minimum atomic E-state index is -0.770. The fourth-order valence-corrected chi connectivity index (χ4v) is 2.24. The third-order valence-electron chi connectivity index (χ3n) is 3.24. The van der Waals surface area contributed by atoms with Gasteiger partial charge in [0.2, 0.25) is 5.89 Å². The summed E-state index contributed by atoms with van der Waals surface area (Å²) in [6, 6.07) is 5.83. The largest absolute Gasteiger partial charge is 0.437 e. The van der Waals surface area contributed by atoms with Gasteiger partial charge in [0.05, 0.1) is 12.6 Å². The van der Waals surface area contributed by atoms with Gasteiger partial charge < -0.3 is 9.52 Å². The number of aromatic nitrogens is 2. The smallest absolute Gasteiger partial charge is 0.392 e. The number of rotatable bonds is 5. The molecule has 0 aliphatic carbocycles. The second-order valence-corrected chi connectivity index (χ2v) is 5.07. The molecule has 20 heavy (non-hydrogen) atoms. The van der Waals surface area contributed by atoms with E-state index in [4.69, 9.17) is 4.42 Å². The van der Waals surface area contributed by atoms with Gasteiger partial charge in [0.15, 0.2) is 0 Å². The van der Waals surface area contributed by atoms with Crippen LogP contribution >= 0.6 is 0 Å². The van der Waals surface area contributed by atoms with Crippen LogP contribution in [0, 0.1) is 13.8 Å². The van der Waals surface area contributed by atoms with E-state index in [1.165, 1.54) is 4.68 Å². The first-order valence-electron chi connectivity index (χ1n) is 6.83. The molecule has 1 heterocycles. The zero-order valence-electron chi connectivity index (χ0n) is 12.1. The van der Waals surface area contributed by atoms with Gasteiger partial charge in [-0.15, -0.1) is 5.10 Å². The summed E-state index contributed by atoms with van der Waals surface area (Å²) in [5, 5.41) is 14.4. The van der Waals surface area contributed by atoms with E-state index in [1.807, 2.05) is 39.0 Å². The van der Waals surface area contributed by atoms with Crippen molar-refractivity contribution in [3.63, 3.8) is 0 Å². The summed E-state index contributed by atoms with van der Waals surface area (Å²) in [4.78, 5) is 11.6. The molecule has 1 atom stereocenters. The maximum atomic E-state index is 11.6. The molecular weight excluding hydrogens is 256 g/mol. The van der Waals surface area contributed by atoms with Crippen LogP contribution < -0.4 is 5.76 Å². The Morgan fingerprint density at radius 1 is 1.40 bits per heavy atom. The summed E-state index contributed by atoms with van der Waals surface area (Å²) >= 11 is 0. The molecule has 0 fully saturated rings. The molecule has 0 aliphatic heterocycles. The maximum absolute atomic E-state index is 11.6. The lowest BCUT2D eigenvalue weighted by atomic mass is 10.0. The number of nitrogens with zero attached hydrogens (tertiary/aromatic N) is 2. The number of benzene rings is 1. The first-order valence-corrected chi connectivity index (χ1v) is 6.83. The molecule has 0 saturated heterocycles. The van der Waals surface area contributed by atoms with Gasteiger partial charge in [-0.05, 0) is 31.4 Å². The molecule has 0 radical (unpaired) electrons. The average Bonchev–Trinajstić information content (AvgIpc) is 2.70. The van der Waals surface area contributed by atoms with Gasteiger partial charge in [0.1, 0.15) is 0 Å². The van der Waals surface area contributed by atoms with Crippen molar-refractivity contribution in [1.29, 1.82) is 0 Å². The van der Waals surface area contributed by atoms with Gasteiger partial charge in [0, 0.05) is 6.42 Å². The second-order valence-electron chi connectivity index (χ2n) is 5.07. The molecule has 0 unspecified atom stereocenters. The molecular formula is C15H20N2O3. The van der Waals surface area contributed by atoms with Gasteiger partial charge in [0.25, 0.3) is 0 Å². The van der Waals surface area contributed by atoms with E-state index in [1.54, 1.807) is 0 Å².